The summed E-state index contributed by atoms with van der Waals surface area (Å²) in [6.07, 6.45) is 1.02. The SMILES string of the molecule is CSC1CCCCN(c2nc(C(F)(F)F)cs2)C1. The van der Waals surface area contributed by atoms with Gasteiger partial charge in [-0.3, -0.25) is 0 Å². The van der Waals surface area contributed by atoms with Crippen LogP contribution in [0.3, 0.4) is 0 Å². The van der Waals surface area contributed by atoms with Crippen molar-refractivity contribution in [2.75, 3.05) is 24.2 Å². The van der Waals surface area contributed by atoms with E-state index in [-0.39, 0.29) is 0 Å². The molecule has 0 aromatic carbocycles. The van der Waals surface area contributed by atoms with E-state index in [4.69, 9.17) is 0 Å². The van der Waals surface area contributed by atoms with E-state index in [1.54, 1.807) is 11.8 Å². The smallest absolute Gasteiger partial charge is 0.347 e. The molecule has 0 N–H and O–H groups in total. The van der Waals surface area contributed by atoms with Crippen molar-refractivity contribution in [3.05, 3.63) is 11.1 Å². The summed E-state index contributed by atoms with van der Waals surface area (Å²) >= 11 is 2.87. The molecule has 1 unspecified atom stereocenters. The van der Waals surface area contributed by atoms with Crippen LogP contribution in [0.5, 0.6) is 0 Å². The van der Waals surface area contributed by atoms with Crippen molar-refractivity contribution in [2.24, 2.45) is 0 Å². The Bertz CT molecular complexity index is 392. The Morgan fingerprint density at radius 3 is 2.83 bits per heavy atom. The Hall–Kier alpha value is -0.430. The van der Waals surface area contributed by atoms with Crippen molar-refractivity contribution in [3.63, 3.8) is 0 Å². The van der Waals surface area contributed by atoms with E-state index in [0.29, 0.717) is 10.4 Å². The van der Waals surface area contributed by atoms with E-state index < -0.39 is 11.9 Å². The highest BCUT2D eigenvalue weighted by molar-refractivity contribution is 7.99. The minimum atomic E-state index is -4.33. The highest BCUT2D eigenvalue weighted by Gasteiger charge is 2.34. The second-order valence-corrected chi connectivity index (χ2v) is 6.29. The van der Waals surface area contributed by atoms with E-state index >= 15 is 0 Å². The first-order chi connectivity index (χ1) is 8.50. The van der Waals surface area contributed by atoms with Crippen LogP contribution in [0, 0.1) is 0 Å². The lowest BCUT2D eigenvalue weighted by molar-refractivity contribution is -0.140. The molecular weight excluding hydrogens is 281 g/mol. The molecule has 1 aliphatic rings. The minimum absolute atomic E-state index is 0.491. The van der Waals surface area contributed by atoms with E-state index in [1.165, 1.54) is 0 Å². The number of anilines is 1. The summed E-state index contributed by atoms with van der Waals surface area (Å²) < 4.78 is 37.5. The van der Waals surface area contributed by atoms with Crippen LogP contribution < -0.4 is 4.90 Å². The fraction of sp³-hybridized carbons (Fsp3) is 0.727. The third-order valence-electron chi connectivity index (χ3n) is 3.01. The van der Waals surface area contributed by atoms with Gasteiger partial charge in [-0.25, -0.2) is 4.98 Å². The normalized spacial score (nSPS) is 22.0. The molecule has 102 valence electrons. The van der Waals surface area contributed by atoms with Gasteiger partial charge in [-0.15, -0.1) is 11.3 Å². The molecule has 2 nitrogen and oxygen atoms in total. The molecule has 1 aromatic rings. The summed E-state index contributed by atoms with van der Waals surface area (Å²) in [7, 11) is 0. The number of thioether (sulfide) groups is 1. The Morgan fingerprint density at radius 2 is 2.22 bits per heavy atom. The maximum atomic E-state index is 12.5. The average Bonchev–Trinajstić information content (AvgIpc) is 2.69. The van der Waals surface area contributed by atoms with Crippen LogP contribution in [0.2, 0.25) is 0 Å². The Labute approximate surface area is 113 Å². The van der Waals surface area contributed by atoms with Crippen molar-refractivity contribution in [1.82, 2.24) is 4.98 Å². The summed E-state index contributed by atoms with van der Waals surface area (Å²) in [5, 5.41) is 2.10. The molecule has 1 aliphatic heterocycles. The van der Waals surface area contributed by atoms with Crippen molar-refractivity contribution in [1.29, 1.82) is 0 Å². The number of rotatable bonds is 2. The molecule has 0 aliphatic carbocycles. The number of alkyl halides is 3. The zero-order valence-electron chi connectivity index (χ0n) is 10.0. The molecule has 2 rings (SSSR count). The van der Waals surface area contributed by atoms with E-state index in [2.05, 4.69) is 11.2 Å². The summed E-state index contributed by atoms with van der Waals surface area (Å²) in [6, 6.07) is 0. The van der Waals surface area contributed by atoms with E-state index in [1.807, 2.05) is 4.90 Å². The van der Waals surface area contributed by atoms with Gasteiger partial charge in [0.05, 0.1) is 0 Å². The van der Waals surface area contributed by atoms with Crippen molar-refractivity contribution >= 4 is 28.2 Å². The fourth-order valence-electron chi connectivity index (χ4n) is 2.01. The van der Waals surface area contributed by atoms with Gasteiger partial charge in [0, 0.05) is 23.7 Å². The molecule has 0 saturated carbocycles. The Balaban J connectivity index is 2.12. The van der Waals surface area contributed by atoms with Gasteiger partial charge < -0.3 is 4.90 Å². The predicted molar refractivity (Wildman–Crippen MR) is 70.5 cm³/mol. The van der Waals surface area contributed by atoms with Crippen LogP contribution in [-0.2, 0) is 6.18 Å². The van der Waals surface area contributed by atoms with Crippen molar-refractivity contribution < 1.29 is 13.2 Å². The van der Waals surface area contributed by atoms with E-state index in [0.717, 1.165) is 49.1 Å². The summed E-state index contributed by atoms with van der Waals surface area (Å²) in [5.74, 6) is 0. The summed E-state index contributed by atoms with van der Waals surface area (Å²) in [6.45, 7) is 1.61. The maximum Gasteiger partial charge on any atom is 0.434 e. The fourth-order valence-corrected chi connectivity index (χ4v) is 3.61. The van der Waals surface area contributed by atoms with Crippen LogP contribution in [-0.4, -0.2) is 29.6 Å². The highest BCUT2D eigenvalue weighted by atomic mass is 32.2. The molecule has 1 fully saturated rings. The molecule has 0 amide bonds. The minimum Gasteiger partial charge on any atom is -0.347 e. The van der Waals surface area contributed by atoms with Gasteiger partial charge in [0.15, 0.2) is 10.8 Å². The summed E-state index contributed by atoms with van der Waals surface area (Å²) in [5.41, 5.74) is -0.771. The number of nitrogens with zero attached hydrogens (tertiary/aromatic N) is 2. The molecule has 2 heterocycles. The van der Waals surface area contributed by atoms with E-state index in [9.17, 15) is 13.2 Å². The van der Waals surface area contributed by atoms with Crippen LogP contribution in [0.4, 0.5) is 18.3 Å². The van der Waals surface area contributed by atoms with Gasteiger partial charge in [-0.2, -0.15) is 24.9 Å². The molecule has 0 spiro atoms. The first-order valence-electron chi connectivity index (χ1n) is 5.81. The highest BCUT2D eigenvalue weighted by Crippen LogP contribution is 2.34. The number of halogens is 3. The molecule has 0 radical (unpaired) electrons. The van der Waals surface area contributed by atoms with Crippen LogP contribution >= 0.6 is 23.1 Å². The van der Waals surface area contributed by atoms with Gasteiger partial charge >= 0.3 is 6.18 Å². The van der Waals surface area contributed by atoms with Gasteiger partial charge in [0.2, 0.25) is 0 Å². The number of hydrogen-bond acceptors (Lipinski definition) is 4. The van der Waals surface area contributed by atoms with Crippen LogP contribution in [0.1, 0.15) is 25.0 Å². The lowest BCUT2D eigenvalue weighted by Gasteiger charge is -2.22. The monoisotopic (exact) mass is 296 g/mol. The van der Waals surface area contributed by atoms with Gasteiger partial charge in [-0.1, -0.05) is 6.42 Å². The van der Waals surface area contributed by atoms with Crippen molar-refractivity contribution in [2.45, 2.75) is 30.7 Å². The van der Waals surface area contributed by atoms with Gasteiger partial charge in [0.25, 0.3) is 0 Å². The predicted octanol–water partition coefficient (Wildman–Crippen LogP) is 3.88. The number of hydrogen-bond donors (Lipinski definition) is 0. The lowest BCUT2D eigenvalue weighted by atomic mass is 10.2. The zero-order valence-corrected chi connectivity index (χ0v) is 11.7. The maximum absolute atomic E-state index is 12.5. The third kappa shape index (κ3) is 3.32. The van der Waals surface area contributed by atoms with Crippen LogP contribution in [0.25, 0.3) is 0 Å². The molecule has 7 heteroatoms. The lowest BCUT2D eigenvalue weighted by Crippen LogP contribution is -2.29. The first-order valence-corrected chi connectivity index (χ1v) is 7.98. The first kappa shape index (κ1) is 14.0. The largest absolute Gasteiger partial charge is 0.434 e. The quantitative estimate of drug-likeness (QED) is 0.824. The molecule has 1 saturated heterocycles. The zero-order chi connectivity index (χ0) is 13.2. The number of thiazole rings is 1. The van der Waals surface area contributed by atoms with Gasteiger partial charge in [0.1, 0.15) is 0 Å². The van der Waals surface area contributed by atoms with Gasteiger partial charge in [-0.05, 0) is 19.1 Å². The topological polar surface area (TPSA) is 16.1 Å². The molecule has 1 aromatic heterocycles. The molecule has 0 bridgehead atoms. The molecule has 1 atom stereocenters. The second kappa shape index (κ2) is 5.69. The second-order valence-electron chi connectivity index (χ2n) is 4.31. The molecular formula is C11H15F3N2S2. The number of aromatic nitrogens is 1. The Morgan fingerprint density at radius 1 is 1.44 bits per heavy atom. The molecule has 18 heavy (non-hydrogen) atoms. The average molecular weight is 296 g/mol. The van der Waals surface area contributed by atoms with Crippen molar-refractivity contribution in [3.8, 4) is 0 Å². The standard InChI is InChI=1S/C11H15F3N2S2/c1-17-8-4-2-3-5-16(6-8)10-15-9(7-18-10)11(12,13)14/h7-8H,2-6H2,1H3. The van der Waals surface area contributed by atoms with Crippen LogP contribution in [0.15, 0.2) is 5.38 Å². The Kier molecular flexibility index (Phi) is 4.42. The summed E-state index contributed by atoms with van der Waals surface area (Å²) in [4.78, 5) is 5.72. The third-order valence-corrected chi connectivity index (χ3v) is 4.97.